The molecule has 0 N–H and O–H groups in total. The van der Waals surface area contributed by atoms with Crippen molar-refractivity contribution in [2.45, 2.75) is 54.6 Å². The first-order valence-corrected chi connectivity index (χ1v) is 14.9. The fourth-order valence-corrected chi connectivity index (χ4v) is 5.73. The molecule has 1 aliphatic rings. The van der Waals surface area contributed by atoms with Crippen LogP contribution < -0.4 is 14.4 Å². The van der Waals surface area contributed by atoms with E-state index in [9.17, 15) is 9.59 Å². The number of anilines is 2. The number of fused-ring (bicyclic) bond motifs is 2. The summed E-state index contributed by atoms with van der Waals surface area (Å²) in [4.78, 5) is 30.1. The first kappa shape index (κ1) is 30.5. The van der Waals surface area contributed by atoms with E-state index in [0.29, 0.717) is 23.1 Å². The number of hydrogen-bond acceptors (Lipinski definition) is 6. The summed E-state index contributed by atoms with van der Waals surface area (Å²) < 4.78 is 14.8. The molecule has 0 fully saturated rings. The number of halogens is 2. The molecule has 0 amide bonds. The molecule has 218 valence electrons. The predicted molar refractivity (Wildman–Crippen MR) is 165 cm³/mol. The van der Waals surface area contributed by atoms with E-state index in [-0.39, 0.29) is 24.3 Å². The van der Waals surface area contributed by atoms with Crippen LogP contribution in [-0.2, 0) is 22.6 Å². The highest BCUT2D eigenvalue weighted by molar-refractivity contribution is 6.42. The lowest BCUT2D eigenvalue weighted by Gasteiger charge is -2.23. The van der Waals surface area contributed by atoms with Crippen molar-refractivity contribution < 1.29 is 23.6 Å². The zero-order chi connectivity index (χ0) is 29.8. The third-order valence-corrected chi connectivity index (χ3v) is 7.87. The lowest BCUT2D eigenvalue weighted by Crippen LogP contribution is -2.35. The number of allylic oxidation sites excluding steroid dienone is 2. The Balaban J connectivity index is 1.85. The molecule has 41 heavy (non-hydrogen) atoms. The van der Waals surface area contributed by atoms with Gasteiger partial charge in [0.2, 0.25) is 0 Å². The molecule has 0 saturated heterocycles. The van der Waals surface area contributed by atoms with E-state index in [2.05, 4.69) is 58.8 Å². The fourth-order valence-electron chi connectivity index (χ4n) is 5.42. The number of rotatable bonds is 10. The third kappa shape index (κ3) is 5.55. The minimum atomic E-state index is -0.550. The highest BCUT2D eigenvalue weighted by Crippen LogP contribution is 2.45. The molecule has 2 heterocycles. The van der Waals surface area contributed by atoms with E-state index >= 15 is 0 Å². The van der Waals surface area contributed by atoms with Crippen LogP contribution >= 0.6 is 23.2 Å². The van der Waals surface area contributed by atoms with E-state index in [1.807, 2.05) is 18.2 Å². The van der Waals surface area contributed by atoms with Crippen molar-refractivity contribution in [1.82, 2.24) is 4.57 Å². The Morgan fingerprint density at radius 3 is 1.80 bits per heavy atom. The van der Waals surface area contributed by atoms with E-state index in [4.69, 9.17) is 32.7 Å². The van der Waals surface area contributed by atoms with Crippen LogP contribution in [0, 0.1) is 0 Å². The van der Waals surface area contributed by atoms with Crippen molar-refractivity contribution in [3.63, 3.8) is 0 Å². The molecule has 3 aromatic rings. The molecule has 1 aliphatic heterocycles. The number of benzene rings is 2. The van der Waals surface area contributed by atoms with Gasteiger partial charge >= 0.3 is 11.9 Å². The zero-order valence-corrected chi connectivity index (χ0v) is 26.0. The van der Waals surface area contributed by atoms with Crippen LogP contribution in [0.25, 0.3) is 17.1 Å². The summed E-state index contributed by atoms with van der Waals surface area (Å²) in [5, 5.41) is 1.05. The van der Waals surface area contributed by atoms with Crippen LogP contribution in [0.2, 0.25) is 10.0 Å². The molecule has 0 radical (unpaired) electrons. The monoisotopic (exact) mass is 599 g/mol. The second-order valence-corrected chi connectivity index (χ2v) is 10.1. The van der Waals surface area contributed by atoms with Crippen molar-refractivity contribution >= 4 is 63.6 Å². The molecule has 1 aromatic heterocycles. The maximum absolute atomic E-state index is 12.9. The predicted octanol–water partition coefficient (Wildman–Crippen LogP) is 6.85. The summed E-state index contributed by atoms with van der Waals surface area (Å²) in [6, 6.07) is 7.31. The SMILES string of the molecule is CCOC(=O)c1cc2c(cc1C(=O)OCC)[n+](CC)c(/C=C/C=C1N(CC)c3cc(Cl)c(Cl)cc3N1CC)n2CC. The van der Waals surface area contributed by atoms with E-state index < -0.39 is 11.9 Å². The Labute approximate surface area is 251 Å². The summed E-state index contributed by atoms with van der Waals surface area (Å²) in [6.45, 7) is 15.0. The highest BCUT2D eigenvalue weighted by atomic mass is 35.5. The third-order valence-electron chi connectivity index (χ3n) is 7.15. The number of nitrogens with zero attached hydrogens (tertiary/aromatic N) is 4. The molecule has 4 rings (SSSR count). The molecule has 0 spiro atoms. The van der Waals surface area contributed by atoms with Gasteiger partial charge in [-0.25, -0.2) is 18.7 Å². The van der Waals surface area contributed by atoms with Gasteiger partial charge < -0.3 is 19.3 Å². The molecular weight excluding hydrogens is 563 g/mol. The molecule has 0 bridgehead atoms. The topological polar surface area (TPSA) is 67.9 Å². The van der Waals surface area contributed by atoms with Crippen molar-refractivity contribution in [2.75, 3.05) is 36.1 Å². The number of aromatic nitrogens is 2. The number of carbonyl (C=O) groups excluding carboxylic acids is 2. The lowest BCUT2D eigenvalue weighted by atomic mass is 10.1. The maximum atomic E-state index is 12.9. The Bertz CT molecular complexity index is 1440. The molecule has 10 heteroatoms. The number of aryl methyl sites for hydroxylation is 2. The Morgan fingerprint density at radius 2 is 1.34 bits per heavy atom. The van der Waals surface area contributed by atoms with E-state index in [1.165, 1.54) is 0 Å². The first-order valence-electron chi connectivity index (χ1n) is 14.1. The average Bonchev–Trinajstić information content (AvgIpc) is 3.42. The van der Waals surface area contributed by atoms with Gasteiger partial charge in [-0.05, 0) is 59.8 Å². The van der Waals surface area contributed by atoms with Gasteiger partial charge in [0.25, 0.3) is 5.82 Å². The number of carbonyl (C=O) groups is 2. The van der Waals surface area contributed by atoms with Gasteiger partial charge in [-0.15, -0.1) is 0 Å². The van der Waals surface area contributed by atoms with Crippen LogP contribution in [0.5, 0.6) is 0 Å². The first-order chi connectivity index (χ1) is 19.8. The fraction of sp³-hybridized carbons (Fsp3) is 0.387. The summed E-state index contributed by atoms with van der Waals surface area (Å²) in [5.74, 6) is 0.861. The van der Waals surface area contributed by atoms with Crippen LogP contribution in [0.1, 0.15) is 68.1 Å². The van der Waals surface area contributed by atoms with Gasteiger partial charge in [0.05, 0.1) is 58.9 Å². The normalized spacial score (nSPS) is 12.9. The summed E-state index contributed by atoms with van der Waals surface area (Å²) in [7, 11) is 0. The van der Waals surface area contributed by atoms with Crippen molar-refractivity contribution in [3.8, 4) is 0 Å². The number of imidazole rings is 1. The summed E-state index contributed by atoms with van der Waals surface area (Å²) in [6.07, 6.45) is 6.17. The van der Waals surface area contributed by atoms with Crippen molar-refractivity contribution in [2.24, 2.45) is 0 Å². The van der Waals surface area contributed by atoms with Crippen LogP contribution in [0.4, 0.5) is 11.4 Å². The number of ether oxygens (including phenoxy) is 2. The van der Waals surface area contributed by atoms with Gasteiger partial charge in [-0.1, -0.05) is 29.3 Å². The number of esters is 2. The Morgan fingerprint density at radius 1 is 0.805 bits per heavy atom. The standard InChI is InChI=1S/C31H37Cl2N4O4/c1-7-34-24-16-20(30(38)40-11-5)21(31(39)41-12-6)17-25(24)35(8-2)28(34)14-13-15-29-36(9-3)26-18-22(32)23(33)19-27(26)37(29)10-4/h13-19H,7-12H2,1-6H3/q+1. The molecule has 2 aromatic carbocycles. The largest absolute Gasteiger partial charge is 0.462 e. The molecule has 0 unspecified atom stereocenters. The van der Waals surface area contributed by atoms with Crippen molar-refractivity contribution in [3.05, 3.63) is 69.2 Å². The average molecular weight is 601 g/mol. The zero-order valence-electron chi connectivity index (χ0n) is 24.5. The minimum absolute atomic E-state index is 0.198. The van der Waals surface area contributed by atoms with Crippen LogP contribution in [-0.4, -0.2) is 42.8 Å². The highest BCUT2D eigenvalue weighted by Gasteiger charge is 2.31. The van der Waals surface area contributed by atoms with Crippen LogP contribution in [0.15, 0.2) is 42.2 Å². The molecular formula is C31H37Cl2N4O4+. The number of hydrogen-bond donors (Lipinski definition) is 0. The summed E-state index contributed by atoms with van der Waals surface area (Å²) >= 11 is 12.7. The van der Waals surface area contributed by atoms with Gasteiger partial charge in [-0.2, -0.15) is 0 Å². The van der Waals surface area contributed by atoms with Crippen molar-refractivity contribution in [1.29, 1.82) is 0 Å². The summed E-state index contributed by atoms with van der Waals surface area (Å²) in [5.41, 5.74) is 4.11. The smallest absolute Gasteiger partial charge is 0.339 e. The quantitative estimate of drug-likeness (QED) is 0.187. The van der Waals surface area contributed by atoms with E-state index in [1.54, 1.807) is 26.0 Å². The second-order valence-electron chi connectivity index (χ2n) is 9.30. The molecule has 0 aliphatic carbocycles. The van der Waals surface area contributed by atoms with Gasteiger partial charge in [0.1, 0.15) is 5.82 Å². The Kier molecular flexibility index (Phi) is 9.66. The second kappa shape index (κ2) is 13.0. The minimum Gasteiger partial charge on any atom is -0.462 e. The molecule has 0 saturated carbocycles. The lowest BCUT2D eigenvalue weighted by molar-refractivity contribution is -0.670. The molecule has 0 atom stereocenters. The maximum Gasteiger partial charge on any atom is 0.339 e. The van der Waals surface area contributed by atoms with Gasteiger partial charge in [0.15, 0.2) is 11.0 Å². The van der Waals surface area contributed by atoms with Gasteiger partial charge in [0, 0.05) is 31.3 Å². The van der Waals surface area contributed by atoms with E-state index in [0.717, 1.165) is 47.1 Å². The van der Waals surface area contributed by atoms with Gasteiger partial charge in [-0.3, -0.25) is 0 Å². The Hall–Kier alpha value is -3.49. The molecule has 8 nitrogen and oxygen atoms in total. The van der Waals surface area contributed by atoms with Crippen LogP contribution in [0.3, 0.4) is 0 Å².